The average molecular weight is 294 g/mol. The van der Waals surface area contributed by atoms with Crippen LogP contribution >= 0.6 is 0 Å². The molecule has 0 unspecified atom stereocenters. The molecule has 0 saturated heterocycles. The van der Waals surface area contributed by atoms with Crippen LogP contribution in [0.4, 0.5) is 30.5 Å². The first-order chi connectivity index (χ1) is 9.91. The zero-order valence-corrected chi connectivity index (χ0v) is 10.5. The largest absolute Gasteiger partial charge is 0.433 e. The van der Waals surface area contributed by atoms with E-state index in [1.165, 1.54) is 0 Å². The Morgan fingerprint density at radius 3 is 2.81 bits per heavy atom. The summed E-state index contributed by atoms with van der Waals surface area (Å²) >= 11 is 0. The van der Waals surface area contributed by atoms with Crippen molar-refractivity contribution >= 4 is 23.2 Å². The van der Waals surface area contributed by atoms with Gasteiger partial charge >= 0.3 is 6.18 Å². The lowest BCUT2D eigenvalue weighted by atomic mass is 10.1. The zero-order chi connectivity index (χ0) is 15.0. The van der Waals surface area contributed by atoms with Crippen molar-refractivity contribution in [2.24, 2.45) is 0 Å². The van der Waals surface area contributed by atoms with E-state index in [1.54, 1.807) is 18.2 Å². The molecule has 0 saturated carbocycles. The summed E-state index contributed by atoms with van der Waals surface area (Å²) in [5.41, 5.74) is 0.982. The number of amides is 1. The van der Waals surface area contributed by atoms with Crippen molar-refractivity contribution in [2.45, 2.75) is 12.6 Å². The Labute approximate surface area is 117 Å². The number of carbonyl (C=O) groups is 1. The summed E-state index contributed by atoms with van der Waals surface area (Å²) in [6.45, 7) is 0. The number of benzene rings is 1. The normalized spacial score (nSPS) is 13.8. The van der Waals surface area contributed by atoms with Crippen LogP contribution in [-0.2, 0) is 17.4 Å². The average Bonchev–Trinajstić information content (AvgIpc) is 2.77. The molecular formula is C13H9F3N4O. The highest BCUT2D eigenvalue weighted by atomic mass is 19.4. The maximum absolute atomic E-state index is 12.6. The van der Waals surface area contributed by atoms with Crippen molar-refractivity contribution in [3.8, 4) is 0 Å². The molecule has 108 valence electrons. The molecule has 0 fully saturated rings. The molecule has 0 aliphatic carbocycles. The third-order valence-corrected chi connectivity index (χ3v) is 2.93. The van der Waals surface area contributed by atoms with Gasteiger partial charge in [-0.1, -0.05) is 0 Å². The molecule has 21 heavy (non-hydrogen) atoms. The number of hydrogen-bond donors (Lipinski definition) is 2. The smallest absolute Gasteiger partial charge is 0.326 e. The van der Waals surface area contributed by atoms with Gasteiger partial charge in [-0.15, -0.1) is 0 Å². The van der Waals surface area contributed by atoms with Crippen LogP contribution in [0.1, 0.15) is 11.3 Å². The second-order valence-electron chi connectivity index (χ2n) is 4.49. The number of halogens is 3. The van der Waals surface area contributed by atoms with Gasteiger partial charge in [0.25, 0.3) is 0 Å². The molecule has 0 radical (unpaired) electrons. The van der Waals surface area contributed by atoms with Crippen molar-refractivity contribution in [1.82, 2.24) is 9.97 Å². The topological polar surface area (TPSA) is 66.9 Å². The molecule has 1 aliphatic heterocycles. The van der Waals surface area contributed by atoms with Crippen LogP contribution in [0.25, 0.3) is 0 Å². The number of fused-ring (bicyclic) bond motifs is 1. The van der Waals surface area contributed by atoms with Crippen molar-refractivity contribution in [3.05, 3.63) is 41.7 Å². The van der Waals surface area contributed by atoms with Gasteiger partial charge in [-0.2, -0.15) is 13.2 Å². The molecule has 1 aliphatic rings. The molecule has 5 nitrogen and oxygen atoms in total. The Balaban J connectivity index is 1.85. The van der Waals surface area contributed by atoms with Gasteiger partial charge in [-0.3, -0.25) is 4.79 Å². The van der Waals surface area contributed by atoms with Gasteiger partial charge in [-0.25, -0.2) is 9.97 Å². The molecule has 0 atom stereocenters. The molecule has 1 aromatic carbocycles. The van der Waals surface area contributed by atoms with Crippen LogP contribution in [0, 0.1) is 0 Å². The van der Waals surface area contributed by atoms with Crippen LogP contribution in [0.5, 0.6) is 0 Å². The minimum Gasteiger partial charge on any atom is -0.326 e. The van der Waals surface area contributed by atoms with Crippen LogP contribution in [-0.4, -0.2) is 15.9 Å². The van der Waals surface area contributed by atoms with Crippen molar-refractivity contribution in [2.75, 3.05) is 10.6 Å². The fraction of sp³-hybridized carbons (Fsp3) is 0.154. The van der Waals surface area contributed by atoms with E-state index < -0.39 is 11.9 Å². The maximum atomic E-state index is 12.6. The molecule has 8 heteroatoms. The number of alkyl halides is 3. The van der Waals surface area contributed by atoms with E-state index in [-0.39, 0.29) is 18.3 Å². The second-order valence-corrected chi connectivity index (χ2v) is 4.49. The minimum absolute atomic E-state index is 0.113. The van der Waals surface area contributed by atoms with Gasteiger partial charge in [-0.05, 0) is 29.8 Å². The summed E-state index contributed by atoms with van der Waals surface area (Å²) in [6.07, 6.45) is -3.24. The Morgan fingerprint density at radius 1 is 1.24 bits per heavy atom. The summed E-state index contributed by atoms with van der Waals surface area (Å²) in [4.78, 5) is 18.4. The summed E-state index contributed by atoms with van der Waals surface area (Å²) < 4.78 is 37.7. The molecule has 0 bridgehead atoms. The van der Waals surface area contributed by atoms with Gasteiger partial charge < -0.3 is 10.6 Å². The van der Waals surface area contributed by atoms with E-state index in [2.05, 4.69) is 20.6 Å². The van der Waals surface area contributed by atoms with Gasteiger partial charge in [0.15, 0.2) is 0 Å². The Morgan fingerprint density at radius 2 is 2.05 bits per heavy atom. The Kier molecular flexibility index (Phi) is 3.00. The number of rotatable bonds is 2. The monoisotopic (exact) mass is 294 g/mol. The van der Waals surface area contributed by atoms with Gasteiger partial charge in [0, 0.05) is 17.6 Å². The van der Waals surface area contributed by atoms with E-state index in [1.807, 2.05) is 0 Å². The lowest BCUT2D eigenvalue weighted by Gasteiger charge is -2.09. The Bertz CT molecular complexity index is 715. The molecular weight excluding hydrogens is 285 g/mol. The standard InChI is InChI=1S/C13H9F3N4O/c14-13(15,16)10-3-4-17-12(20-10)18-8-1-2-9-7(5-8)6-11(21)19-9/h1-5H,6H2,(H,19,21)(H,17,18,20). The highest BCUT2D eigenvalue weighted by Crippen LogP contribution is 2.29. The quantitative estimate of drug-likeness (QED) is 0.893. The second kappa shape index (κ2) is 4.72. The number of carbonyl (C=O) groups excluding carboxylic acids is 1. The first-order valence-electron chi connectivity index (χ1n) is 6.02. The molecule has 2 heterocycles. The van der Waals surface area contributed by atoms with Gasteiger partial charge in [0.1, 0.15) is 5.69 Å². The number of nitrogens with one attached hydrogen (secondary N) is 2. The van der Waals surface area contributed by atoms with Gasteiger partial charge in [0.2, 0.25) is 11.9 Å². The number of hydrogen-bond acceptors (Lipinski definition) is 4. The molecule has 2 aromatic rings. The lowest BCUT2D eigenvalue weighted by Crippen LogP contribution is -2.10. The van der Waals surface area contributed by atoms with Crippen LogP contribution in [0.2, 0.25) is 0 Å². The molecule has 1 amide bonds. The van der Waals surface area contributed by atoms with E-state index in [4.69, 9.17) is 0 Å². The summed E-state index contributed by atoms with van der Waals surface area (Å²) in [6, 6.07) is 5.79. The fourth-order valence-corrected chi connectivity index (χ4v) is 2.01. The molecule has 2 N–H and O–H groups in total. The van der Waals surface area contributed by atoms with E-state index in [0.717, 1.165) is 17.8 Å². The maximum Gasteiger partial charge on any atom is 0.433 e. The summed E-state index contributed by atoms with van der Waals surface area (Å²) in [5.74, 6) is -0.264. The molecule has 3 rings (SSSR count). The summed E-state index contributed by atoms with van der Waals surface area (Å²) in [7, 11) is 0. The first-order valence-corrected chi connectivity index (χ1v) is 6.02. The van der Waals surface area contributed by atoms with Crippen LogP contribution in [0.3, 0.4) is 0 Å². The van der Waals surface area contributed by atoms with Crippen LogP contribution in [0.15, 0.2) is 30.5 Å². The highest BCUT2D eigenvalue weighted by Gasteiger charge is 2.32. The number of anilines is 3. The molecule has 1 aromatic heterocycles. The van der Waals surface area contributed by atoms with E-state index in [9.17, 15) is 18.0 Å². The highest BCUT2D eigenvalue weighted by molar-refractivity contribution is 5.99. The van der Waals surface area contributed by atoms with Crippen LogP contribution < -0.4 is 10.6 Å². The molecule has 0 spiro atoms. The SMILES string of the molecule is O=C1Cc2cc(Nc3nccc(C(F)(F)F)n3)ccc2N1. The predicted molar refractivity (Wildman–Crippen MR) is 69.1 cm³/mol. The zero-order valence-electron chi connectivity index (χ0n) is 10.5. The van der Waals surface area contributed by atoms with Gasteiger partial charge in [0.05, 0.1) is 6.42 Å². The van der Waals surface area contributed by atoms with Crippen molar-refractivity contribution in [1.29, 1.82) is 0 Å². The fourth-order valence-electron chi connectivity index (χ4n) is 2.01. The third kappa shape index (κ3) is 2.78. The summed E-state index contributed by atoms with van der Waals surface area (Å²) in [5, 5.41) is 5.37. The first kappa shape index (κ1) is 13.3. The van der Waals surface area contributed by atoms with Crippen molar-refractivity contribution in [3.63, 3.8) is 0 Å². The predicted octanol–water partition coefficient (Wildman–Crippen LogP) is 2.73. The minimum atomic E-state index is -4.52. The Hall–Kier alpha value is -2.64. The lowest BCUT2D eigenvalue weighted by molar-refractivity contribution is -0.141. The van der Waals surface area contributed by atoms with E-state index in [0.29, 0.717) is 11.4 Å². The number of nitrogens with zero attached hydrogens (tertiary/aromatic N) is 2. The third-order valence-electron chi connectivity index (χ3n) is 2.93. The van der Waals surface area contributed by atoms with Crippen molar-refractivity contribution < 1.29 is 18.0 Å². The number of aromatic nitrogens is 2. The van der Waals surface area contributed by atoms with E-state index >= 15 is 0 Å².